The molecule has 0 spiro atoms. The zero-order valence-corrected chi connectivity index (χ0v) is 15.9. The SMILES string of the molecule is C1CNCNC1.C=Nc1nc(-c2csc(-c3ccc(C)cc3)c2)cs1. The lowest BCUT2D eigenvalue weighted by Gasteiger charge is -2.11. The lowest BCUT2D eigenvalue weighted by molar-refractivity contribution is 0.496. The fraction of sp³-hybridized carbons (Fsp3) is 0.263. The molecule has 6 heteroatoms. The van der Waals surface area contributed by atoms with Crippen molar-refractivity contribution >= 4 is 34.5 Å². The van der Waals surface area contributed by atoms with Gasteiger partial charge in [-0.1, -0.05) is 29.8 Å². The van der Waals surface area contributed by atoms with Crippen molar-refractivity contribution in [1.29, 1.82) is 0 Å². The summed E-state index contributed by atoms with van der Waals surface area (Å²) in [6.07, 6.45) is 1.28. The van der Waals surface area contributed by atoms with Crippen LogP contribution in [-0.2, 0) is 0 Å². The van der Waals surface area contributed by atoms with Gasteiger partial charge in [0.2, 0.25) is 5.13 Å². The van der Waals surface area contributed by atoms with Crippen molar-refractivity contribution in [3.8, 4) is 21.7 Å². The topological polar surface area (TPSA) is 49.3 Å². The van der Waals surface area contributed by atoms with E-state index in [0.717, 1.165) is 23.1 Å². The van der Waals surface area contributed by atoms with Gasteiger partial charge in [-0.15, -0.1) is 22.7 Å². The second kappa shape index (κ2) is 9.01. The molecule has 1 aliphatic heterocycles. The number of aryl methyl sites for hydroxylation is 1. The van der Waals surface area contributed by atoms with Crippen LogP contribution in [-0.4, -0.2) is 31.5 Å². The van der Waals surface area contributed by atoms with E-state index < -0.39 is 0 Å². The Labute approximate surface area is 156 Å². The standard InChI is InChI=1S/C15H12N2S2.C4H10N2/c1-10-3-5-11(6-4-10)14-7-12(8-18-14)13-9-19-15(16-2)17-13;1-2-5-4-6-3-1/h3-9H,2H2,1H3;5-6H,1-4H2. The molecule has 2 aromatic heterocycles. The molecule has 130 valence electrons. The van der Waals surface area contributed by atoms with Crippen molar-refractivity contribution in [3.63, 3.8) is 0 Å². The molecule has 3 aromatic rings. The van der Waals surface area contributed by atoms with Crippen LogP contribution >= 0.6 is 22.7 Å². The Kier molecular flexibility index (Phi) is 6.47. The number of thiophene rings is 1. The summed E-state index contributed by atoms with van der Waals surface area (Å²) in [7, 11) is 0. The number of hydrogen-bond acceptors (Lipinski definition) is 6. The first-order valence-corrected chi connectivity index (χ1v) is 10.0. The Morgan fingerprint density at radius 1 is 1.04 bits per heavy atom. The maximum atomic E-state index is 4.42. The first-order chi connectivity index (χ1) is 12.3. The second-order valence-electron chi connectivity index (χ2n) is 5.77. The first kappa shape index (κ1) is 17.9. The predicted octanol–water partition coefficient (Wildman–Crippen LogP) is 4.71. The van der Waals surface area contributed by atoms with E-state index in [0.29, 0.717) is 0 Å². The van der Waals surface area contributed by atoms with E-state index in [9.17, 15) is 0 Å². The number of benzene rings is 1. The van der Waals surface area contributed by atoms with Gasteiger partial charge in [0, 0.05) is 27.9 Å². The summed E-state index contributed by atoms with van der Waals surface area (Å²) in [5.41, 5.74) is 4.65. The number of aliphatic imine (C=N–C) groups is 1. The van der Waals surface area contributed by atoms with Gasteiger partial charge in [-0.25, -0.2) is 9.98 Å². The molecule has 1 aliphatic rings. The van der Waals surface area contributed by atoms with E-state index in [-0.39, 0.29) is 0 Å². The van der Waals surface area contributed by atoms with E-state index in [1.165, 1.54) is 46.9 Å². The van der Waals surface area contributed by atoms with Gasteiger partial charge in [0.1, 0.15) is 0 Å². The van der Waals surface area contributed by atoms with Crippen LogP contribution in [0.25, 0.3) is 21.7 Å². The minimum absolute atomic E-state index is 0.720. The molecule has 2 N–H and O–H groups in total. The average Bonchev–Trinajstić information content (AvgIpc) is 3.33. The maximum absolute atomic E-state index is 4.42. The lowest BCUT2D eigenvalue weighted by atomic mass is 10.1. The van der Waals surface area contributed by atoms with Crippen LogP contribution in [0, 0.1) is 6.92 Å². The lowest BCUT2D eigenvalue weighted by Crippen LogP contribution is -2.37. The van der Waals surface area contributed by atoms with Crippen LogP contribution in [0.3, 0.4) is 0 Å². The third-order valence-corrected chi connectivity index (χ3v) is 5.57. The Morgan fingerprint density at radius 3 is 2.36 bits per heavy atom. The molecule has 3 heterocycles. The first-order valence-electron chi connectivity index (χ1n) is 8.26. The Hall–Kier alpha value is -1.86. The molecule has 1 fully saturated rings. The van der Waals surface area contributed by atoms with E-state index in [1.807, 2.05) is 5.38 Å². The monoisotopic (exact) mass is 370 g/mol. The molecule has 0 bridgehead atoms. The van der Waals surface area contributed by atoms with Gasteiger partial charge in [-0.3, -0.25) is 0 Å². The number of hydrogen-bond donors (Lipinski definition) is 2. The van der Waals surface area contributed by atoms with E-state index >= 15 is 0 Å². The zero-order chi connectivity index (χ0) is 17.5. The van der Waals surface area contributed by atoms with Crippen LogP contribution in [0.15, 0.2) is 46.1 Å². The van der Waals surface area contributed by atoms with Crippen LogP contribution in [0.4, 0.5) is 5.13 Å². The molecule has 1 aromatic carbocycles. The Bertz CT molecular complexity index is 789. The van der Waals surface area contributed by atoms with Crippen molar-refractivity contribution in [3.05, 3.63) is 46.7 Å². The van der Waals surface area contributed by atoms with Crippen molar-refractivity contribution in [1.82, 2.24) is 15.6 Å². The summed E-state index contributed by atoms with van der Waals surface area (Å²) in [5.74, 6) is 0. The van der Waals surface area contributed by atoms with Crippen LogP contribution in [0.5, 0.6) is 0 Å². The molecule has 0 amide bonds. The number of nitrogens with zero attached hydrogens (tertiary/aromatic N) is 2. The zero-order valence-electron chi connectivity index (χ0n) is 14.3. The van der Waals surface area contributed by atoms with Gasteiger partial charge in [0.15, 0.2) is 0 Å². The summed E-state index contributed by atoms with van der Waals surface area (Å²) in [4.78, 5) is 9.53. The van der Waals surface area contributed by atoms with Gasteiger partial charge >= 0.3 is 0 Å². The highest BCUT2D eigenvalue weighted by molar-refractivity contribution is 7.14. The highest BCUT2D eigenvalue weighted by Gasteiger charge is 2.07. The molecule has 0 aliphatic carbocycles. The molecule has 0 radical (unpaired) electrons. The maximum Gasteiger partial charge on any atom is 0.209 e. The smallest absolute Gasteiger partial charge is 0.209 e. The summed E-state index contributed by atoms with van der Waals surface area (Å²) in [6, 6.07) is 10.8. The number of aromatic nitrogens is 1. The van der Waals surface area contributed by atoms with E-state index in [4.69, 9.17) is 0 Å². The number of rotatable bonds is 3. The van der Waals surface area contributed by atoms with E-state index in [1.54, 1.807) is 11.3 Å². The molecule has 0 saturated carbocycles. The number of nitrogens with one attached hydrogen (secondary N) is 2. The van der Waals surface area contributed by atoms with Crippen molar-refractivity contribution in [2.24, 2.45) is 4.99 Å². The molecular formula is C19H22N4S2. The van der Waals surface area contributed by atoms with Crippen molar-refractivity contribution in [2.75, 3.05) is 19.8 Å². The molecule has 1 saturated heterocycles. The molecule has 4 rings (SSSR count). The minimum atomic E-state index is 0.720. The highest BCUT2D eigenvalue weighted by atomic mass is 32.1. The Morgan fingerprint density at radius 2 is 1.80 bits per heavy atom. The van der Waals surface area contributed by atoms with Crippen LogP contribution < -0.4 is 10.6 Å². The van der Waals surface area contributed by atoms with Gasteiger partial charge in [0.05, 0.1) is 5.69 Å². The largest absolute Gasteiger partial charge is 0.304 e. The quantitative estimate of drug-likeness (QED) is 0.657. The summed E-state index contributed by atoms with van der Waals surface area (Å²) < 4.78 is 0. The van der Waals surface area contributed by atoms with Crippen LogP contribution in [0.2, 0.25) is 0 Å². The molecular weight excluding hydrogens is 348 g/mol. The Balaban J connectivity index is 0.000000258. The fourth-order valence-electron chi connectivity index (χ4n) is 2.41. The number of thiazole rings is 1. The summed E-state index contributed by atoms with van der Waals surface area (Å²) >= 11 is 3.25. The van der Waals surface area contributed by atoms with Gasteiger partial charge in [-0.05, 0) is 44.8 Å². The summed E-state index contributed by atoms with van der Waals surface area (Å²) in [6.45, 7) is 8.97. The van der Waals surface area contributed by atoms with Gasteiger partial charge in [-0.2, -0.15) is 0 Å². The fourth-order valence-corrected chi connectivity index (χ4v) is 3.95. The second-order valence-corrected chi connectivity index (χ2v) is 7.52. The van der Waals surface area contributed by atoms with Crippen molar-refractivity contribution in [2.45, 2.75) is 13.3 Å². The third-order valence-electron chi connectivity index (χ3n) is 3.82. The van der Waals surface area contributed by atoms with E-state index in [2.05, 4.69) is 70.0 Å². The molecule has 0 atom stereocenters. The van der Waals surface area contributed by atoms with Gasteiger partial charge in [0.25, 0.3) is 0 Å². The normalized spacial score (nSPS) is 13.8. The predicted molar refractivity (Wildman–Crippen MR) is 110 cm³/mol. The highest BCUT2D eigenvalue weighted by Crippen LogP contribution is 2.34. The third kappa shape index (κ3) is 5.06. The average molecular weight is 371 g/mol. The minimum Gasteiger partial charge on any atom is -0.304 e. The summed E-state index contributed by atoms with van der Waals surface area (Å²) in [5, 5.41) is 11.2. The molecule has 0 unspecified atom stereocenters. The van der Waals surface area contributed by atoms with Crippen LogP contribution in [0.1, 0.15) is 12.0 Å². The van der Waals surface area contributed by atoms with Gasteiger partial charge < -0.3 is 10.6 Å². The molecule has 25 heavy (non-hydrogen) atoms. The van der Waals surface area contributed by atoms with Crippen molar-refractivity contribution < 1.29 is 0 Å². The molecule has 4 nitrogen and oxygen atoms in total.